The summed E-state index contributed by atoms with van der Waals surface area (Å²) < 4.78 is 0. The maximum absolute atomic E-state index is 11.4. The summed E-state index contributed by atoms with van der Waals surface area (Å²) in [7, 11) is 3.80. The average molecular weight is 336 g/mol. The lowest BCUT2D eigenvalue weighted by Gasteiger charge is -2.11. The summed E-state index contributed by atoms with van der Waals surface area (Å²) in [5.74, 6) is -3.00. The molecule has 128 valence electrons. The summed E-state index contributed by atoms with van der Waals surface area (Å²) in [5.41, 5.74) is 11.9. The van der Waals surface area contributed by atoms with Gasteiger partial charge in [0.15, 0.2) is 5.03 Å². The molecule has 0 unspecified atom stereocenters. The van der Waals surface area contributed by atoms with Gasteiger partial charge in [-0.1, -0.05) is 17.6 Å². The fraction of sp³-hybridized carbons (Fsp3) is 0.167. The first kappa shape index (κ1) is 18.3. The predicted molar refractivity (Wildman–Crippen MR) is 86.4 cm³/mol. The molecule has 1 rings (SSSR count). The summed E-state index contributed by atoms with van der Waals surface area (Å²) in [6.07, 6.45) is 1.34. The smallest absolute Gasteiger partial charge is 0.331 e. The molecule has 5 N–H and O–H groups in total. The minimum Gasteiger partial charge on any atom is -0.378 e. The molecule has 0 atom stereocenters. The number of rotatable bonds is 5. The number of guanidine groups is 1. The number of hydrogen-bond donors (Lipinski definition) is 4. The van der Waals surface area contributed by atoms with Gasteiger partial charge in [0.05, 0.1) is 6.21 Å². The fourth-order valence-electron chi connectivity index (χ4n) is 1.36. The lowest BCUT2D eigenvalue weighted by Crippen LogP contribution is -2.41. The molecule has 12 heteroatoms. The molecule has 1 aromatic carbocycles. The van der Waals surface area contributed by atoms with Gasteiger partial charge in [-0.05, 0) is 17.7 Å². The molecule has 1 aromatic rings. The van der Waals surface area contributed by atoms with Crippen molar-refractivity contribution in [2.75, 3.05) is 19.0 Å². The van der Waals surface area contributed by atoms with Gasteiger partial charge in [-0.2, -0.15) is 5.10 Å². The van der Waals surface area contributed by atoms with Gasteiger partial charge in [-0.15, -0.1) is 5.10 Å². The van der Waals surface area contributed by atoms with E-state index >= 15 is 0 Å². The Morgan fingerprint density at radius 1 is 1.21 bits per heavy atom. The standard InChI is InChI=1S/C12H16N8O4/c1-19(2)9-5-3-8(4-6-9)7-14-15-10(21)11(22)16-17-12(13)18-20(23)24/h3-7H,1-2H3,(H,15,21)(H,16,22)(H3,13,17,18)/b14-7+. The lowest BCUT2D eigenvalue weighted by atomic mass is 10.2. The van der Waals surface area contributed by atoms with E-state index in [-0.39, 0.29) is 0 Å². The van der Waals surface area contributed by atoms with E-state index in [9.17, 15) is 19.7 Å². The van der Waals surface area contributed by atoms with Crippen LogP contribution in [0.15, 0.2) is 34.5 Å². The van der Waals surface area contributed by atoms with Crippen LogP contribution in [-0.2, 0) is 9.59 Å². The Morgan fingerprint density at radius 3 is 2.33 bits per heavy atom. The first-order valence-corrected chi connectivity index (χ1v) is 6.44. The van der Waals surface area contributed by atoms with Crippen LogP contribution in [0.2, 0.25) is 0 Å². The number of nitro groups is 1. The molecule has 0 aliphatic rings. The first-order chi connectivity index (χ1) is 11.3. The first-order valence-electron chi connectivity index (χ1n) is 6.44. The molecule has 0 aliphatic carbocycles. The zero-order chi connectivity index (χ0) is 18.1. The van der Waals surface area contributed by atoms with Crippen LogP contribution in [0, 0.1) is 10.1 Å². The van der Waals surface area contributed by atoms with E-state index in [1.807, 2.05) is 36.6 Å². The van der Waals surface area contributed by atoms with Crippen molar-refractivity contribution in [3.63, 3.8) is 0 Å². The Kier molecular flexibility index (Phi) is 6.63. The van der Waals surface area contributed by atoms with Gasteiger partial charge in [0.2, 0.25) is 0 Å². The molecule has 0 fully saturated rings. The van der Waals surface area contributed by atoms with Gasteiger partial charge in [-0.3, -0.25) is 9.59 Å². The molecule has 0 saturated heterocycles. The minimum absolute atomic E-state index is 0.689. The molecule has 2 amide bonds. The molecule has 0 aromatic heterocycles. The van der Waals surface area contributed by atoms with Gasteiger partial charge in [0.25, 0.3) is 5.96 Å². The molecule has 0 spiro atoms. The van der Waals surface area contributed by atoms with Crippen LogP contribution in [0.25, 0.3) is 0 Å². The Balaban J connectivity index is 2.49. The molecule has 24 heavy (non-hydrogen) atoms. The Bertz CT molecular complexity index is 668. The number of benzene rings is 1. The van der Waals surface area contributed by atoms with Crippen LogP contribution in [0.3, 0.4) is 0 Å². The molecular formula is C12H16N8O4. The van der Waals surface area contributed by atoms with E-state index in [4.69, 9.17) is 5.73 Å². The second-order valence-electron chi connectivity index (χ2n) is 4.49. The summed E-state index contributed by atoms with van der Waals surface area (Å²) >= 11 is 0. The second-order valence-corrected chi connectivity index (χ2v) is 4.49. The van der Waals surface area contributed by atoms with Crippen LogP contribution in [0.4, 0.5) is 5.69 Å². The number of nitrogens with one attached hydrogen (secondary N) is 3. The van der Waals surface area contributed by atoms with E-state index in [0.29, 0.717) is 5.56 Å². The number of amides is 2. The SMILES string of the molecule is CN(C)c1ccc(/C=N/NC(=O)C(=O)N/N=C(/N)N[N+](=O)[O-])cc1. The third-order valence-electron chi connectivity index (χ3n) is 2.48. The number of hydrazine groups is 1. The minimum atomic E-state index is -1.19. The maximum atomic E-state index is 11.4. The molecule has 0 radical (unpaired) electrons. The Hall–Kier alpha value is -3.70. The largest absolute Gasteiger partial charge is 0.378 e. The highest BCUT2D eigenvalue weighted by Crippen LogP contribution is 2.10. The van der Waals surface area contributed by atoms with Crippen molar-refractivity contribution in [3.8, 4) is 0 Å². The Morgan fingerprint density at radius 2 is 1.79 bits per heavy atom. The maximum Gasteiger partial charge on any atom is 0.331 e. The normalized spacial score (nSPS) is 11.0. The van der Waals surface area contributed by atoms with Gasteiger partial charge in [0, 0.05) is 19.8 Å². The van der Waals surface area contributed by atoms with E-state index in [0.717, 1.165) is 5.69 Å². The molecule has 0 bridgehead atoms. The van der Waals surface area contributed by atoms with E-state index in [1.54, 1.807) is 17.6 Å². The number of carbonyl (C=O) groups is 2. The molecular weight excluding hydrogens is 320 g/mol. The topological polar surface area (TPSA) is 167 Å². The summed E-state index contributed by atoms with van der Waals surface area (Å²) in [5, 5.41) is 15.8. The summed E-state index contributed by atoms with van der Waals surface area (Å²) in [6, 6.07) is 7.27. The van der Waals surface area contributed by atoms with Crippen molar-refractivity contribution in [2.45, 2.75) is 0 Å². The Labute approximate surface area is 136 Å². The fourth-order valence-corrected chi connectivity index (χ4v) is 1.36. The van der Waals surface area contributed by atoms with Crippen LogP contribution in [-0.4, -0.2) is 43.1 Å². The highest BCUT2D eigenvalue weighted by molar-refractivity contribution is 6.35. The van der Waals surface area contributed by atoms with Gasteiger partial charge < -0.3 is 10.6 Å². The lowest BCUT2D eigenvalue weighted by molar-refractivity contribution is -0.525. The molecule has 0 saturated carbocycles. The number of hydrazone groups is 2. The van der Waals surface area contributed by atoms with E-state index in [1.165, 1.54) is 11.6 Å². The van der Waals surface area contributed by atoms with Gasteiger partial charge in [0.1, 0.15) is 0 Å². The quantitative estimate of drug-likeness (QED) is 0.164. The molecule has 0 aliphatic heterocycles. The average Bonchev–Trinajstić information content (AvgIpc) is 2.52. The van der Waals surface area contributed by atoms with Crippen molar-refractivity contribution in [1.29, 1.82) is 0 Å². The third kappa shape index (κ3) is 6.38. The van der Waals surface area contributed by atoms with Crippen molar-refractivity contribution in [1.82, 2.24) is 16.3 Å². The molecule has 0 heterocycles. The summed E-state index contributed by atoms with van der Waals surface area (Å²) in [4.78, 5) is 34.7. The highest BCUT2D eigenvalue weighted by atomic mass is 16.7. The van der Waals surface area contributed by atoms with Crippen LogP contribution >= 0.6 is 0 Å². The van der Waals surface area contributed by atoms with E-state index in [2.05, 4.69) is 10.2 Å². The van der Waals surface area contributed by atoms with Crippen LogP contribution < -0.4 is 26.9 Å². The van der Waals surface area contributed by atoms with Crippen LogP contribution in [0.1, 0.15) is 5.56 Å². The van der Waals surface area contributed by atoms with Crippen molar-refractivity contribution >= 4 is 29.7 Å². The third-order valence-corrected chi connectivity index (χ3v) is 2.48. The predicted octanol–water partition coefficient (Wildman–Crippen LogP) is -1.67. The van der Waals surface area contributed by atoms with Crippen molar-refractivity contribution < 1.29 is 14.6 Å². The van der Waals surface area contributed by atoms with Crippen LogP contribution in [0.5, 0.6) is 0 Å². The van der Waals surface area contributed by atoms with Gasteiger partial charge in [-0.25, -0.2) is 21.0 Å². The number of nitrogens with zero attached hydrogens (tertiary/aromatic N) is 4. The van der Waals surface area contributed by atoms with Crippen molar-refractivity contribution in [3.05, 3.63) is 39.9 Å². The number of anilines is 1. The number of hydrogen-bond acceptors (Lipinski definition) is 7. The monoisotopic (exact) mass is 336 g/mol. The highest BCUT2D eigenvalue weighted by Gasteiger charge is 2.12. The zero-order valence-corrected chi connectivity index (χ0v) is 12.9. The van der Waals surface area contributed by atoms with Gasteiger partial charge >= 0.3 is 11.8 Å². The summed E-state index contributed by atoms with van der Waals surface area (Å²) in [6.45, 7) is 0. The second kappa shape index (κ2) is 8.67. The zero-order valence-electron chi connectivity index (χ0n) is 12.9. The van der Waals surface area contributed by atoms with Crippen molar-refractivity contribution in [2.24, 2.45) is 15.9 Å². The molecule has 12 nitrogen and oxygen atoms in total. The number of carbonyl (C=O) groups excluding carboxylic acids is 2. The van der Waals surface area contributed by atoms with E-state index < -0.39 is 22.8 Å². The number of nitrogens with two attached hydrogens (primary N) is 1.